The van der Waals surface area contributed by atoms with Crippen LogP contribution in [0.2, 0.25) is 0 Å². The van der Waals surface area contributed by atoms with Gasteiger partial charge in [0.2, 0.25) is 0 Å². The summed E-state index contributed by atoms with van der Waals surface area (Å²) in [6.45, 7) is 7.24. The van der Waals surface area contributed by atoms with Crippen molar-refractivity contribution in [3.8, 4) is 0 Å². The summed E-state index contributed by atoms with van der Waals surface area (Å²) in [4.78, 5) is 0. The number of rotatable bonds is 2. The number of hydrogen-bond donors (Lipinski definition) is 0. The molecule has 2 saturated carbocycles. The molecular formula is C12H18. The van der Waals surface area contributed by atoms with E-state index in [-0.39, 0.29) is 0 Å². The Morgan fingerprint density at radius 2 is 2.08 bits per heavy atom. The molecule has 0 radical (unpaired) electrons. The Bertz CT molecular complexity index is 263. The van der Waals surface area contributed by atoms with E-state index in [4.69, 9.17) is 0 Å². The molecule has 12 heavy (non-hydrogen) atoms. The van der Waals surface area contributed by atoms with E-state index in [1.165, 1.54) is 12.8 Å². The molecule has 3 rings (SSSR count). The fraction of sp³-hybridized carbons (Fsp3) is 0.833. The zero-order chi connectivity index (χ0) is 8.51. The average molecular weight is 162 g/mol. The summed E-state index contributed by atoms with van der Waals surface area (Å²) in [6.07, 6.45) is 5.52. The number of hydrogen-bond acceptors (Lipinski definition) is 0. The minimum atomic E-state index is 0.696. The van der Waals surface area contributed by atoms with Gasteiger partial charge < -0.3 is 0 Å². The topological polar surface area (TPSA) is 0 Å². The Kier molecular flexibility index (Phi) is 1.08. The fourth-order valence-corrected chi connectivity index (χ4v) is 3.13. The van der Waals surface area contributed by atoms with Crippen molar-refractivity contribution in [2.24, 2.45) is 29.1 Å². The van der Waals surface area contributed by atoms with Gasteiger partial charge in [-0.1, -0.05) is 32.4 Å². The first-order valence-corrected chi connectivity index (χ1v) is 5.38. The van der Waals surface area contributed by atoms with Crippen molar-refractivity contribution in [2.45, 2.75) is 33.6 Å². The summed E-state index contributed by atoms with van der Waals surface area (Å²) < 4.78 is 0. The van der Waals surface area contributed by atoms with Crippen LogP contribution < -0.4 is 0 Å². The normalized spacial score (nSPS) is 56.6. The van der Waals surface area contributed by atoms with Crippen molar-refractivity contribution in [2.75, 3.05) is 0 Å². The highest BCUT2D eigenvalue weighted by Gasteiger charge is 2.63. The monoisotopic (exact) mass is 162 g/mol. The Morgan fingerprint density at radius 1 is 1.50 bits per heavy atom. The predicted octanol–water partition coefficient (Wildman–Crippen LogP) is 3.24. The lowest BCUT2D eigenvalue weighted by atomic mass is 9.97. The molecule has 0 N–H and O–H groups in total. The van der Waals surface area contributed by atoms with Crippen LogP contribution in [0.5, 0.6) is 0 Å². The first kappa shape index (κ1) is 7.17. The second-order valence-electron chi connectivity index (χ2n) is 5.41. The molecule has 0 heterocycles. The summed E-state index contributed by atoms with van der Waals surface area (Å²) in [6, 6.07) is 0. The van der Waals surface area contributed by atoms with Gasteiger partial charge in [0.15, 0.2) is 0 Å². The fourth-order valence-electron chi connectivity index (χ4n) is 3.13. The third kappa shape index (κ3) is 0.739. The maximum Gasteiger partial charge on any atom is 0.0126 e. The van der Waals surface area contributed by atoms with Crippen molar-refractivity contribution in [1.82, 2.24) is 0 Å². The Morgan fingerprint density at radius 3 is 2.42 bits per heavy atom. The first-order chi connectivity index (χ1) is 5.65. The van der Waals surface area contributed by atoms with Crippen LogP contribution in [0.15, 0.2) is 11.6 Å². The van der Waals surface area contributed by atoms with Crippen LogP contribution >= 0.6 is 0 Å². The molecule has 3 aliphatic rings. The van der Waals surface area contributed by atoms with Crippen LogP contribution in [0.25, 0.3) is 0 Å². The second-order valence-corrected chi connectivity index (χ2v) is 5.41. The Hall–Kier alpha value is -0.260. The lowest BCUT2D eigenvalue weighted by molar-refractivity contribution is 0.539. The molecule has 0 nitrogen and oxygen atoms in total. The molecule has 2 fully saturated rings. The van der Waals surface area contributed by atoms with E-state index in [2.05, 4.69) is 26.8 Å². The van der Waals surface area contributed by atoms with Gasteiger partial charge in [0.25, 0.3) is 0 Å². The first-order valence-electron chi connectivity index (χ1n) is 5.38. The van der Waals surface area contributed by atoms with Crippen molar-refractivity contribution in [1.29, 1.82) is 0 Å². The van der Waals surface area contributed by atoms with E-state index in [0.29, 0.717) is 5.41 Å². The quantitative estimate of drug-likeness (QED) is 0.547. The molecule has 0 amide bonds. The molecule has 5 atom stereocenters. The molecule has 3 aliphatic carbocycles. The lowest BCUT2D eigenvalue weighted by Gasteiger charge is -2.07. The Labute approximate surface area is 75.0 Å². The zero-order valence-electron chi connectivity index (χ0n) is 8.30. The maximum atomic E-state index is 2.56. The molecule has 66 valence electrons. The molecule has 5 unspecified atom stereocenters. The molecule has 0 aromatic carbocycles. The summed E-state index contributed by atoms with van der Waals surface area (Å²) in [5, 5.41) is 0. The van der Waals surface area contributed by atoms with Gasteiger partial charge >= 0.3 is 0 Å². The van der Waals surface area contributed by atoms with Gasteiger partial charge in [-0.25, -0.2) is 0 Å². The van der Waals surface area contributed by atoms with Gasteiger partial charge in [-0.15, -0.1) is 0 Å². The molecule has 0 aliphatic heterocycles. The van der Waals surface area contributed by atoms with E-state index in [1.807, 2.05) is 5.57 Å². The minimum absolute atomic E-state index is 0.696. The van der Waals surface area contributed by atoms with Crippen molar-refractivity contribution in [3.05, 3.63) is 11.6 Å². The highest BCUT2D eigenvalue weighted by molar-refractivity contribution is 5.49. The van der Waals surface area contributed by atoms with Gasteiger partial charge in [0.1, 0.15) is 0 Å². The van der Waals surface area contributed by atoms with Crippen LogP contribution in [0.3, 0.4) is 0 Å². The Balaban J connectivity index is 1.66. The van der Waals surface area contributed by atoms with Gasteiger partial charge in [-0.05, 0) is 36.5 Å². The lowest BCUT2D eigenvalue weighted by Crippen LogP contribution is -2.00. The van der Waals surface area contributed by atoms with Gasteiger partial charge in [0, 0.05) is 5.41 Å². The van der Waals surface area contributed by atoms with E-state index in [0.717, 1.165) is 23.7 Å². The zero-order valence-corrected chi connectivity index (χ0v) is 8.30. The van der Waals surface area contributed by atoms with Crippen LogP contribution in [0.4, 0.5) is 0 Å². The summed E-state index contributed by atoms with van der Waals surface area (Å²) >= 11 is 0. The molecular weight excluding hydrogens is 144 g/mol. The van der Waals surface area contributed by atoms with Crippen molar-refractivity contribution < 1.29 is 0 Å². The van der Waals surface area contributed by atoms with Crippen molar-refractivity contribution in [3.63, 3.8) is 0 Å². The highest BCUT2D eigenvalue weighted by atomic mass is 14.7. The van der Waals surface area contributed by atoms with Crippen LogP contribution in [-0.2, 0) is 0 Å². The van der Waals surface area contributed by atoms with E-state index in [9.17, 15) is 0 Å². The van der Waals surface area contributed by atoms with Crippen molar-refractivity contribution >= 4 is 0 Å². The SMILES string of the molecule is CC1CC1C(C)C1=CC12CC2C. The summed E-state index contributed by atoms with van der Waals surface area (Å²) in [7, 11) is 0. The van der Waals surface area contributed by atoms with E-state index in [1.54, 1.807) is 0 Å². The third-order valence-electron chi connectivity index (χ3n) is 4.53. The molecule has 0 bridgehead atoms. The van der Waals surface area contributed by atoms with E-state index >= 15 is 0 Å². The molecule has 0 heteroatoms. The van der Waals surface area contributed by atoms with Gasteiger partial charge in [-0.3, -0.25) is 0 Å². The minimum Gasteiger partial charge on any atom is -0.0736 e. The highest BCUT2D eigenvalue weighted by Crippen LogP contribution is 2.72. The largest absolute Gasteiger partial charge is 0.0736 e. The van der Waals surface area contributed by atoms with Crippen LogP contribution in [-0.4, -0.2) is 0 Å². The third-order valence-corrected chi connectivity index (χ3v) is 4.53. The molecule has 0 aromatic heterocycles. The van der Waals surface area contributed by atoms with Crippen LogP contribution in [0, 0.1) is 29.1 Å². The van der Waals surface area contributed by atoms with Gasteiger partial charge in [0.05, 0.1) is 0 Å². The summed E-state index contributed by atoms with van der Waals surface area (Å²) in [5.74, 6) is 3.98. The number of allylic oxidation sites excluding steroid dienone is 2. The smallest absolute Gasteiger partial charge is 0.0126 e. The van der Waals surface area contributed by atoms with Gasteiger partial charge in [-0.2, -0.15) is 0 Å². The molecule has 0 saturated heterocycles. The molecule has 0 aromatic rings. The maximum absolute atomic E-state index is 2.56. The molecule has 1 spiro atoms. The van der Waals surface area contributed by atoms with E-state index < -0.39 is 0 Å². The summed E-state index contributed by atoms with van der Waals surface area (Å²) in [5.41, 5.74) is 2.52. The average Bonchev–Trinajstić information content (AvgIpc) is 2.86. The van der Waals surface area contributed by atoms with Crippen LogP contribution in [0.1, 0.15) is 33.6 Å². The standard InChI is InChI=1S/C12H18/c1-7-4-10(7)9(3)11-6-12(11)5-8(12)2/h6-10H,4-5H2,1-3H3. The predicted molar refractivity (Wildman–Crippen MR) is 50.7 cm³/mol. The second kappa shape index (κ2) is 1.81.